The second kappa shape index (κ2) is 15.7. The molecule has 0 spiro atoms. The van der Waals surface area contributed by atoms with Crippen LogP contribution >= 0.6 is 11.3 Å². The van der Waals surface area contributed by atoms with Crippen molar-refractivity contribution in [2.75, 3.05) is 0 Å². The SMILES string of the molecule is [C-]#[N+]c1ccc(-c2ccc(-c3cc4c5ccccc5c(-c5cccc(-c6nc(-c7ccccc7)nc(-c7ccc8c(c7)sc7ccccc78)n6)c5)cc4c4cccnc34)c3ccccc23)cc1. The molecular weight excluding hydrogens is 835 g/mol. The van der Waals surface area contributed by atoms with Gasteiger partial charge < -0.3 is 0 Å². The predicted octanol–water partition coefficient (Wildman–Crippen LogP) is 16.8. The Labute approximate surface area is 389 Å². The molecule has 67 heavy (non-hydrogen) atoms. The molecule has 0 aliphatic carbocycles. The van der Waals surface area contributed by atoms with Gasteiger partial charge >= 0.3 is 0 Å². The Morgan fingerprint density at radius 2 is 0.881 bits per heavy atom. The molecule has 0 saturated heterocycles. The first-order valence-corrected chi connectivity index (χ1v) is 23.0. The van der Waals surface area contributed by atoms with Crippen LogP contribution in [0.5, 0.6) is 0 Å². The van der Waals surface area contributed by atoms with Crippen LogP contribution in [0.2, 0.25) is 0 Å². The lowest BCUT2D eigenvalue weighted by atomic mass is 9.87. The van der Waals surface area contributed by atoms with Crippen molar-refractivity contribution in [1.29, 1.82) is 0 Å². The summed E-state index contributed by atoms with van der Waals surface area (Å²) in [6.45, 7) is 7.45. The number of nitrogens with zero attached hydrogens (tertiary/aromatic N) is 5. The monoisotopic (exact) mass is 869 g/mol. The Balaban J connectivity index is 0.972. The number of fused-ring (bicyclic) bond motifs is 9. The van der Waals surface area contributed by atoms with Gasteiger partial charge in [-0.25, -0.2) is 19.8 Å². The predicted molar refractivity (Wildman–Crippen MR) is 279 cm³/mol. The van der Waals surface area contributed by atoms with Gasteiger partial charge in [-0.1, -0.05) is 170 Å². The van der Waals surface area contributed by atoms with E-state index in [1.807, 2.05) is 54.7 Å². The first-order chi connectivity index (χ1) is 33.1. The summed E-state index contributed by atoms with van der Waals surface area (Å²) in [7, 11) is 0. The van der Waals surface area contributed by atoms with Crippen molar-refractivity contribution in [3.63, 3.8) is 0 Å². The maximum absolute atomic E-state index is 7.45. The zero-order valence-corrected chi connectivity index (χ0v) is 36.7. The van der Waals surface area contributed by atoms with Crippen LogP contribution in [0.25, 0.3) is 136 Å². The Hall–Kier alpha value is -8.89. The number of thiophene rings is 1. The van der Waals surface area contributed by atoms with Crippen molar-refractivity contribution in [1.82, 2.24) is 19.9 Å². The van der Waals surface area contributed by atoms with Gasteiger partial charge in [0, 0.05) is 54.0 Å². The van der Waals surface area contributed by atoms with Gasteiger partial charge in [0.05, 0.1) is 12.1 Å². The van der Waals surface area contributed by atoms with E-state index in [1.54, 1.807) is 11.3 Å². The van der Waals surface area contributed by atoms with E-state index in [9.17, 15) is 0 Å². The van der Waals surface area contributed by atoms with E-state index in [1.165, 1.54) is 30.9 Å². The highest BCUT2D eigenvalue weighted by Crippen LogP contribution is 2.45. The topological polar surface area (TPSA) is 55.9 Å². The molecule has 0 atom stereocenters. The van der Waals surface area contributed by atoms with Crippen molar-refractivity contribution < 1.29 is 0 Å². The fourth-order valence-electron chi connectivity index (χ4n) is 9.81. The zero-order valence-electron chi connectivity index (χ0n) is 35.9. The molecule has 0 amide bonds. The molecule has 10 aromatic carbocycles. The van der Waals surface area contributed by atoms with Gasteiger partial charge in [0.25, 0.3) is 0 Å². The third-order valence-corrected chi connectivity index (χ3v) is 14.1. The first-order valence-electron chi connectivity index (χ1n) is 22.2. The molecule has 0 unspecified atom stereocenters. The fourth-order valence-corrected chi connectivity index (χ4v) is 11.0. The van der Waals surface area contributed by atoms with Crippen LogP contribution < -0.4 is 0 Å². The summed E-state index contributed by atoms with van der Waals surface area (Å²) < 4.78 is 2.47. The van der Waals surface area contributed by atoms with Gasteiger partial charge in [-0.2, -0.15) is 0 Å². The third kappa shape index (κ3) is 6.52. The summed E-state index contributed by atoms with van der Waals surface area (Å²) in [4.78, 5) is 24.1. The molecule has 5 nitrogen and oxygen atoms in total. The smallest absolute Gasteiger partial charge is 0.187 e. The molecule has 3 heterocycles. The molecule has 0 saturated carbocycles. The van der Waals surface area contributed by atoms with Crippen LogP contribution in [-0.4, -0.2) is 19.9 Å². The first kappa shape index (κ1) is 38.6. The van der Waals surface area contributed by atoms with Crippen LogP contribution in [0.1, 0.15) is 0 Å². The van der Waals surface area contributed by atoms with E-state index in [2.05, 4.69) is 163 Å². The molecule has 13 rings (SSSR count). The van der Waals surface area contributed by atoms with E-state index >= 15 is 0 Å². The van der Waals surface area contributed by atoms with Crippen molar-refractivity contribution in [3.05, 3.63) is 224 Å². The average Bonchev–Trinajstić information content (AvgIpc) is 3.78. The Kier molecular flexibility index (Phi) is 9.02. The van der Waals surface area contributed by atoms with Crippen LogP contribution in [0.3, 0.4) is 0 Å². The molecule has 0 fully saturated rings. The Bertz CT molecular complexity index is 4170. The Morgan fingerprint density at radius 1 is 0.328 bits per heavy atom. The zero-order chi connectivity index (χ0) is 44.4. The van der Waals surface area contributed by atoms with Crippen LogP contribution in [0, 0.1) is 6.57 Å². The highest BCUT2D eigenvalue weighted by molar-refractivity contribution is 7.25. The summed E-state index contributed by atoms with van der Waals surface area (Å²) in [5.74, 6) is 1.88. The second-order valence-corrected chi connectivity index (χ2v) is 17.9. The highest BCUT2D eigenvalue weighted by Gasteiger charge is 2.19. The molecular formula is C61H35N5S. The molecule has 310 valence electrons. The minimum Gasteiger partial charge on any atom is -0.256 e. The number of hydrogen-bond donors (Lipinski definition) is 0. The van der Waals surface area contributed by atoms with Crippen molar-refractivity contribution in [2.24, 2.45) is 0 Å². The quantitative estimate of drug-likeness (QED) is 0.123. The summed E-state index contributed by atoms with van der Waals surface area (Å²) in [5, 5.41) is 10.5. The van der Waals surface area contributed by atoms with Gasteiger partial charge in [-0.15, -0.1) is 11.3 Å². The summed E-state index contributed by atoms with van der Waals surface area (Å²) in [5.41, 5.74) is 11.0. The van der Waals surface area contributed by atoms with Gasteiger partial charge in [0.15, 0.2) is 23.2 Å². The van der Waals surface area contributed by atoms with Crippen LogP contribution in [-0.2, 0) is 0 Å². The highest BCUT2D eigenvalue weighted by atomic mass is 32.1. The van der Waals surface area contributed by atoms with Crippen molar-refractivity contribution in [3.8, 4) is 67.5 Å². The van der Waals surface area contributed by atoms with Crippen LogP contribution in [0.4, 0.5) is 5.69 Å². The van der Waals surface area contributed by atoms with Crippen molar-refractivity contribution >= 4 is 80.4 Å². The molecule has 3 aromatic heterocycles. The van der Waals surface area contributed by atoms with Crippen molar-refractivity contribution in [2.45, 2.75) is 0 Å². The number of hydrogen-bond acceptors (Lipinski definition) is 5. The molecule has 0 aliphatic rings. The van der Waals surface area contributed by atoms with E-state index in [-0.39, 0.29) is 0 Å². The van der Waals surface area contributed by atoms with E-state index in [0.717, 1.165) is 82.5 Å². The minimum atomic E-state index is 0.616. The summed E-state index contributed by atoms with van der Waals surface area (Å²) in [6.07, 6.45) is 1.89. The lowest BCUT2D eigenvalue weighted by molar-refractivity contribution is 1.07. The number of aromatic nitrogens is 4. The van der Waals surface area contributed by atoms with E-state index in [0.29, 0.717) is 23.2 Å². The number of rotatable bonds is 6. The molecule has 0 N–H and O–H groups in total. The fraction of sp³-hybridized carbons (Fsp3) is 0. The molecule has 0 aliphatic heterocycles. The maximum atomic E-state index is 7.45. The summed E-state index contributed by atoms with van der Waals surface area (Å²) >= 11 is 1.79. The molecule has 0 radical (unpaired) electrons. The molecule has 6 heteroatoms. The third-order valence-electron chi connectivity index (χ3n) is 13.0. The van der Waals surface area contributed by atoms with E-state index < -0.39 is 0 Å². The van der Waals surface area contributed by atoms with Gasteiger partial charge in [0.1, 0.15) is 0 Å². The maximum Gasteiger partial charge on any atom is 0.187 e. The van der Waals surface area contributed by atoms with E-state index in [4.69, 9.17) is 26.5 Å². The largest absolute Gasteiger partial charge is 0.256 e. The normalized spacial score (nSPS) is 11.6. The lowest BCUT2D eigenvalue weighted by Gasteiger charge is -2.17. The van der Waals surface area contributed by atoms with Gasteiger partial charge in [-0.3, -0.25) is 4.98 Å². The van der Waals surface area contributed by atoms with Gasteiger partial charge in [-0.05, 0) is 96.5 Å². The van der Waals surface area contributed by atoms with Crippen LogP contribution in [0.15, 0.2) is 212 Å². The average molecular weight is 870 g/mol. The Morgan fingerprint density at radius 3 is 1.66 bits per heavy atom. The standard InChI is InChI=1S/C61H35N5S/c1-62-42-27-24-37(25-28-42)43-30-31-48(45-18-6-5-17-44(43)45)55-36-53-47-20-8-7-19-46(47)52(35-54(53)51-22-12-32-63-58(51)55)39-15-11-16-40(33-39)60-64-59(38-13-3-2-4-14-38)65-61(66-60)41-26-29-50-49-21-9-10-23-56(49)67-57(50)34-41/h2-36H. The molecule has 13 aromatic rings. The summed E-state index contributed by atoms with van der Waals surface area (Å²) in [6, 6.07) is 72.4. The lowest BCUT2D eigenvalue weighted by Crippen LogP contribution is -2.00. The molecule has 0 bridgehead atoms. The second-order valence-electron chi connectivity index (χ2n) is 16.8. The minimum absolute atomic E-state index is 0.616. The number of benzene rings is 10. The van der Waals surface area contributed by atoms with Gasteiger partial charge in [0.2, 0.25) is 0 Å². The number of pyridine rings is 1.